The van der Waals surface area contributed by atoms with E-state index in [9.17, 15) is 4.79 Å². The van der Waals surface area contributed by atoms with Gasteiger partial charge in [0.2, 0.25) is 18.4 Å². The van der Waals surface area contributed by atoms with E-state index in [4.69, 9.17) is 19.9 Å². The van der Waals surface area contributed by atoms with Crippen LogP contribution in [0.4, 0.5) is 0 Å². The van der Waals surface area contributed by atoms with Gasteiger partial charge < -0.3 is 19.9 Å². The zero-order valence-corrected chi connectivity index (χ0v) is 12.7. The minimum atomic E-state index is -0.562. The summed E-state index contributed by atoms with van der Waals surface area (Å²) in [5.74, 6) is 1.42. The number of carbonyl (C=O) groups excluding carboxylic acids is 1. The molecule has 2 aromatic rings. The third kappa shape index (κ3) is 3.22. The molecule has 6 heteroatoms. The molecule has 1 heterocycles. The number of ether oxygens (including phenoxy) is 3. The van der Waals surface area contributed by atoms with Crippen LogP contribution in [0.3, 0.4) is 0 Å². The van der Waals surface area contributed by atoms with Crippen LogP contribution in [0.1, 0.15) is 17.2 Å². The Kier molecular flexibility index (Phi) is 4.34. The molecule has 0 saturated carbocycles. The fourth-order valence-corrected chi connectivity index (χ4v) is 2.53. The minimum absolute atomic E-state index is 0.177. The zero-order chi connectivity index (χ0) is 16.2. The summed E-state index contributed by atoms with van der Waals surface area (Å²) in [5.41, 5.74) is 7.25. The molecule has 0 fully saturated rings. The highest BCUT2D eigenvalue weighted by Gasteiger charge is 2.21. The Morgan fingerprint density at radius 2 is 2.09 bits per heavy atom. The number of hydrogen-bond donors (Lipinski definition) is 2. The number of carbonyl (C=O) groups is 1. The summed E-state index contributed by atoms with van der Waals surface area (Å²) in [6.07, 6.45) is 0. The highest BCUT2D eigenvalue weighted by atomic mass is 16.7. The molecule has 3 rings (SSSR count). The third-order valence-corrected chi connectivity index (χ3v) is 3.65. The number of nitrogens with one attached hydrogen (secondary N) is 1. The van der Waals surface area contributed by atoms with Gasteiger partial charge in [0.05, 0.1) is 7.11 Å². The van der Waals surface area contributed by atoms with Crippen molar-refractivity contribution in [3.05, 3.63) is 53.6 Å². The first-order chi connectivity index (χ1) is 11.2. The molecular weight excluding hydrogens is 296 g/mol. The molecule has 3 N–H and O–H groups in total. The largest absolute Gasteiger partial charge is 0.493 e. The molecule has 0 aliphatic carbocycles. The van der Waals surface area contributed by atoms with Crippen molar-refractivity contribution in [1.82, 2.24) is 5.32 Å². The van der Waals surface area contributed by atoms with Crippen molar-refractivity contribution in [1.29, 1.82) is 0 Å². The second-order valence-corrected chi connectivity index (χ2v) is 5.16. The molecular formula is C17H18N2O4. The second kappa shape index (κ2) is 6.58. The van der Waals surface area contributed by atoms with Gasteiger partial charge in [0.1, 0.15) is 6.04 Å². The SMILES string of the molecule is COc1cc(CNC(C(N)=O)c2ccccc2)cc2c1OCO2. The summed E-state index contributed by atoms with van der Waals surface area (Å²) in [6.45, 7) is 0.617. The van der Waals surface area contributed by atoms with Crippen LogP contribution < -0.4 is 25.3 Å². The lowest BCUT2D eigenvalue weighted by atomic mass is 10.1. The summed E-state index contributed by atoms with van der Waals surface area (Å²) in [7, 11) is 1.57. The zero-order valence-electron chi connectivity index (χ0n) is 12.7. The van der Waals surface area contributed by atoms with Gasteiger partial charge in [0.15, 0.2) is 11.5 Å². The van der Waals surface area contributed by atoms with Crippen LogP contribution in [0.5, 0.6) is 17.2 Å². The number of fused-ring (bicyclic) bond motifs is 1. The first-order valence-corrected chi connectivity index (χ1v) is 7.23. The lowest BCUT2D eigenvalue weighted by Gasteiger charge is -2.16. The fraction of sp³-hybridized carbons (Fsp3) is 0.235. The molecule has 2 aromatic carbocycles. The van der Waals surface area contributed by atoms with Gasteiger partial charge in [-0.25, -0.2) is 0 Å². The number of methoxy groups -OCH3 is 1. The van der Waals surface area contributed by atoms with Crippen molar-refractivity contribution in [2.45, 2.75) is 12.6 Å². The molecule has 1 amide bonds. The summed E-state index contributed by atoms with van der Waals surface area (Å²) in [5, 5.41) is 3.17. The van der Waals surface area contributed by atoms with E-state index in [2.05, 4.69) is 5.32 Å². The average molecular weight is 314 g/mol. The number of amides is 1. The topological polar surface area (TPSA) is 82.8 Å². The molecule has 0 radical (unpaired) electrons. The molecule has 1 aliphatic heterocycles. The van der Waals surface area contributed by atoms with Gasteiger partial charge in [-0.1, -0.05) is 30.3 Å². The molecule has 1 unspecified atom stereocenters. The van der Waals surface area contributed by atoms with Crippen molar-refractivity contribution in [3.8, 4) is 17.2 Å². The van der Waals surface area contributed by atoms with Crippen molar-refractivity contribution >= 4 is 5.91 Å². The molecule has 1 atom stereocenters. The Hall–Kier alpha value is -2.73. The Labute approximate surface area is 134 Å². The Bertz CT molecular complexity index is 703. The predicted molar refractivity (Wildman–Crippen MR) is 84.3 cm³/mol. The van der Waals surface area contributed by atoms with Gasteiger partial charge >= 0.3 is 0 Å². The second-order valence-electron chi connectivity index (χ2n) is 5.16. The normalized spacial score (nSPS) is 13.6. The number of benzene rings is 2. The van der Waals surface area contributed by atoms with Gasteiger partial charge in [0, 0.05) is 6.54 Å². The van der Waals surface area contributed by atoms with Crippen LogP contribution >= 0.6 is 0 Å². The molecule has 0 aromatic heterocycles. The Morgan fingerprint density at radius 1 is 1.30 bits per heavy atom. The van der Waals surface area contributed by atoms with Crippen LogP contribution in [-0.4, -0.2) is 19.8 Å². The molecule has 0 spiro atoms. The van der Waals surface area contributed by atoms with E-state index < -0.39 is 11.9 Å². The number of primary amides is 1. The number of rotatable bonds is 6. The maximum atomic E-state index is 11.7. The summed E-state index contributed by atoms with van der Waals surface area (Å²) < 4.78 is 16.1. The monoisotopic (exact) mass is 314 g/mol. The van der Waals surface area contributed by atoms with E-state index >= 15 is 0 Å². The van der Waals surface area contributed by atoms with Gasteiger partial charge in [-0.3, -0.25) is 10.1 Å². The maximum Gasteiger partial charge on any atom is 0.239 e. The smallest absolute Gasteiger partial charge is 0.239 e. The molecule has 0 bridgehead atoms. The van der Waals surface area contributed by atoms with Crippen LogP contribution in [0, 0.1) is 0 Å². The molecule has 120 valence electrons. The van der Waals surface area contributed by atoms with E-state index in [0.717, 1.165) is 11.1 Å². The lowest BCUT2D eigenvalue weighted by molar-refractivity contribution is -0.120. The van der Waals surface area contributed by atoms with Crippen LogP contribution in [-0.2, 0) is 11.3 Å². The molecule has 23 heavy (non-hydrogen) atoms. The molecule has 0 saturated heterocycles. The van der Waals surface area contributed by atoms with Crippen LogP contribution in [0.25, 0.3) is 0 Å². The van der Waals surface area contributed by atoms with E-state index in [1.54, 1.807) is 7.11 Å². The van der Waals surface area contributed by atoms with Crippen molar-refractivity contribution in [2.75, 3.05) is 13.9 Å². The number of nitrogens with two attached hydrogens (primary N) is 1. The van der Waals surface area contributed by atoms with Gasteiger partial charge in [0.25, 0.3) is 0 Å². The van der Waals surface area contributed by atoms with Crippen molar-refractivity contribution in [3.63, 3.8) is 0 Å². The third-order valence-electron chi connectivity index (χ3n) is 3.65. The Morgan fingerprint density at radius 3 is 2.78 bits per heavy atom. The van der Waals surface area contributed by atoms with Gasteiger partial charge in [-0.05, 0) is 23.3 Å². The first kappa shape index (κ1) is 15.2. The number of hydrogen-bond acceptors (Lipinski definition) is 5. The summed E-state index contributed by atoms with van der Waals surface area (Å²) in [4.78, 5) is 11.7. The molecule has 6 nitrogen and oxygen atoms in total. The quantitative estimate of drug-likeness (QED) is 0.848. The first-order valence-electron chi connectivity index (χ1n) is 7.23. The van der Waals surface area contributed by atoms with Crippen molar-refractivity contribution in [2.24, 2.45) is 5.73 Å². The summed E-state index contributed by atoms with van der Waals surface area (Å²) in [6, 6.07) is 12.5. The average Bonchev–Trinajstić information content (AvgIpc) is 3.03. The molecule has 1 aliphatic rings. The van der Waals surface area contributed by atoms with Gasteiger partial charge in [-0.2, -0.15) is 0 Å². The van der Waals surface area contributed by atoms with Crippen molar-refractivity contribution < 1.29 is 19.0 Å². The van der Waals surface area contributed by atoms with E-state index in [-0.39, 0.29) is 6.79 Å². The summed E-state index contributed by atoms with van der Waals surface area (Å²) >= 11 is 0. The Balaban J connectivity index is 1.78. The van der Waals surface area contributed by atoms with Crippen LogP contribution in [0.15, 0.2) is 42.5 Å². The van der Waals surface area contributed by atoms with Crippen LogP contribution in [0.2, 0.25) is 0 Å². The minimum Gasteiger partial charge on any atom is -0.493 e. The van der Waals surface area contributed by atoms with E-state index in [0.29, 0.717) is 23.8 Å². The maximum absolute atomic E-state index is 11.7. The highest BCUT2D eigenvalue weighted by Crippen LogP contribution is 2.41. The predicted octanol–water partition coefficient (Wildman–Crippen LogP) is 1.74. The highest BCUT2D eigenvalue weighted by molar-refractivity contribution is 5.81. The fourth-order valence-electron chi connectivity index (χ4n) is 2.53. The lowest BCUT2D eigenvalue weighted by Crippen LogP contribution is -2.33. The van der Waals surface area contributed by atoms with E-state index in [1.165, 1.54) is 0 Å². The van der Waals surface area contributed by atoms with Gasteiger partial charge in [-0.15, -0.1) is 0 Å². The van der Waals surface area contributed by atoms with E-state index in [1.807, 2.05) is 42.5 Å². The standard InChI is InChI=1S/C17H18N2O4/c1-21-13-7-11(8-14-16(13)23-10-22-14)9-19-15(17(18)20)12-5-3-2-4-6-12/h2-8,15,19H,9-10H2,1H3,(H2,18,20).